The number of para-hydroxylation sites is 1. The van der Waals surface area contributed by atoms with E-state index in [4.69, 9.17) is 9.15 Å². The normalized spacial score (nSPS) is 10.6. The monoisotopic (exact) mass is 298 g/mol. The Kier molecular flexibility index (Phi) is 3.70. The third-order valence-electron chi connectivity index (χ3n) is 3.18. The molecule has 0 fully saturated rings. The summed E-state index contributed by atoms with van der Waals surface area (Å²) in [5.41, 5.74) is -0.369. The van der Waals surface area contributed by atoms with E-state index in [1.165, 1.54) is 18.2 Å². The first kappa shape index (κ1) is 14.0. The first-order chi connectivity index (χ1) is 10.6. The van der Waals surface area contributed by atoms with Gasteiger partial charge >= 0.3 is 11.6 Å². The number of fused-ring (bicyclic) bond motifs is 1. The fraction of sp³-hybridized carbons (Fsp3) is 0.0588. The molecule has 1 heterocycles. The Morgan fingerprint density at radius 2 is 1.82 bits per heavy atom. The summed E-state index contributed by atoms with van der Waals surface area (Å²) in [6.07, 6.45) is 0. The van der Waals surface area contributed by atoms with Gasteiger partial charge in [0.25, 0.3) is 0 Å². The quantitative estimate of drug-likeness (QED) is 0.550. The summed E-state index contributed by atoms with van der Waals surface area (Å²) in [4.78, 5) is 23.8. The zero-order valence-electron chi connectivity index (χ0n) is 11.4. The standard InChI is InChI=1S/C17H11FO4/c18-14-7-3-1-6-12(14)10-21-16(19)13-9-11-5-2-4-8-15(11)22-17(13)20/h1-9H,10H2. The Hall–Kier alpha value is -2.95. The van der Waals surface area contributed by atoms with Gasteiger partial charge in [-0.3, -0.25) is 0 Å². The molecule has 5 heteroatoms. The maximum atomic E-state index is 13.5. The van der Waals surface area contributed by atoms with E-state index in [1.807, 2.05) is 0 Å². The van der Waals surface area contributed by atoms with Gasteiger partial charge < -0.3 is 9.15 Å². The molecule has 0 radical (unpaired) electrons. The average molecular weight is 298 g/mol. The van der Waals surface area contributed by atoms with Crippen LogP contribution in [0.15, 0.2) is 63.8 Å². The van der Waals surface area contributed by atoms with Crippen molar-refractivity contribution in [2.45, 2.75) is 6.61 Å². The Morgan fingerprint density at radius 1 is 1.09 bits per heavy atom. The molecular formula is C17H11FO4. The van der Waals surface area contributed by atoms with E-state index in [2.05, 4.69) is 0 Å². The summed E-state index contributed by atoms with van der Waals surface area (Å²) in [5.74, 6) is -1.32. The van der Waals surface area contributed by atoms with Crippen LogP contribution in [0, 0.1) is 5.82 Å². The van der Waals surface area contributed by atoms with Crippen molar-refractivity contribution in [2.75, 3.05) is 0 Å². The van der Waals surface area contributed by atoms with Gasteiger partial charge in [0.1, 0.15) is 23.6 Å². The van der Waals surface area contributed by atoms with Crippen LogP contribution in [-0.4, -0.2) is 5.97 Å². The Balaban J connectivity index is 1.85. The summed E-state index contributed by atoms with van der Waals surface area (Å²) in [5, 5.41) is 0.611. The van der Waals surface area contributed by atoms with E-state index in [-0.39, 0.29) is 17.7 Å². The molecule has 0 bridgehead atoms. The molecule has 0 unspecified atom stereocenters. The van der Waals surface area contributed by atoms with Crippen LogP contribution in [0.5, 0.6) is 0 Å². The predicted molar refractivity (Wildman–Crippen MR) is 78.0 cm³/mol. The first-order valence-electron chi connectivity index (χ1n) is 6.58. The van der Waals surface area contributed by atoms with Crippen LogP contribution in [0.25, 0.3) is 11.0 Å². The van der Waals surface area contributed by atoms with E-state index in [9.17, 15) is 14.0 Å². The van der Waals surface area contributed by atoms with Crippen LogP contribution in [0.2, 0.25) is 0 Å². The van der Waals surface area contributed by atoms with Crippen molar-refractivity contribution in [1.29, 1.82) is 0 Å². The van der Waals surface area contributed by atoms with Gasteiger partial charge in [0.2, 0.25) is 0 Å². The third kappa shape index (κ3) is 2.74. The molecular weight excluding hydrogens is 287 g/mol. The van der Waals surface area contributed by atoms with Crippen molar-refractivity contribution in [3.8, 4) is 0 Å². The molecule has 3 aromatic rings. The smallest absolute Gasteiger partial charge is 0.351 e. The molecule has 0 aliphatic heterocycles. The number of benzene rings is 2. The van der Waals surface area contributed by atoms with Crippen LogP contribution >= 0.6 is 0 Å². The van der Waals surface area contributed by atoms with Crippen molar-refractivity contribution in [3.05, 3.63) is 82.0 Å². The van der Waals surface area contributed by atoms with Gasteiger partial charge in [0.05, 0.1) is 0 Å². The molecule has 0 amide bonds. The van der Waals surface area contributed by atoms with E-state index in [0.717, 1.165) is 0 Å². The largest absolute Gasteiger partial charge is 0.457 e. The lowest BCUT2D eigenvalue weighted by atomic mass is 10.2. The lowest BCUT2D eigenvalue weighted by Crippen LogP contribution is -2.16. The van der Waals surface area contributed by atoms with Gasteiger partial charge in [-0.15, -0.1) is 0 Å². The molecule has 0 atom stereocenters. The molecule has 110 valence electrons. The molecule has 3 rings (SSSR count). The lowest BCUT2D eigenvalue weighted by molar-refractivity contribution is 0.0464. The summed E-state index contributed by atoms with van der Waals surface area (Å²) < 4.78 is 23.5. The van der Waals surface area contributed by atoms with Gasteiger partial charge in [-0.25, -0.2) is 14.0 Å². The maximum absolute atomic E-state index is 13.5. The van der Waals surface area contributed by atoms with Crippen LogP contribution in [-0.2, 0) is 11.3 Å². The third-order valence-corrected chi connectivity index (χ3v) is 3.18. The summed E-state index contributed by atoms with van der Waals surface area (Å²) in [7, 11) is 0. The Bertz CT molecular complexity index is 898. The fourth-order valence-electron chi connectivity index (χ4n) is 2.04. The highest BCUT2D eigenvalue weighted by molar-refractivity contribution is 5.92. The molecule has 0 aliphatic carbocycles. The van der Waals surface area contributed by atoms with Crippen molar-refractivity contribution in [1.82, 2.24) is 0 Å². The van der Waals surface area contributed by atoms with Gasteiger partial charge in [-0.05, 0) is 18.2 Å². The average Bonchev–Trinajstić information content (AvgIpc) is 2.53. The molecule has 22 heavy (non-hydrogen) atoms. The number of ether oxygens (including phenoxy) is 1. The minimum absolute atomic E-state index is 0.213. The number of esters is 1. The van der Waals surface area contributed by atoms with Gasteiger partial charge in [-0.1, -0.05) is 36.4 Å². The lowest BCUT2D eigenvalue weighted by Gasteiger charge is -2.05. The molecule has 0 saturated carbocycles. The van der Waals surface area contributed by atoms with E-state index < -0.39 is 17.4 Å². The number of hydrogen-bond acceptors (Lipinski definition) is 4. The maximum Gasteiger partial charge on any atom is 0.351 e. The summed E-state index contributed by atoms with van der Waals surface area (Å²) >= 11 is 0. The van der Waals surface area contributed by atoms with Gasteiger partial charge in [0.15, 0.2) is 0 Å². The van der Waals surface area contributed by atoms with Crippen molar-refractivity contribution >= 4 is 16.9 Å². The van der Waals surface area contributed by atoms with Crippen LogP contribution in [0.4, 0.5) is 4.39 Å². The minimum Gasteiger partial charge on any atom is -0.457 e. The minimum atomic E-state index is -0.845. The first-order valence-corrected chi connectivity index (χ1v) is 6.58. The van der Waals surface area contributed by atoms with Crippen LogP contribution in [0.3, 0.4) is 0 Å². The highest BCUT2D eigenvalue weighted by Crippen LogP contribution is 2.14. The second-order valence-electron chi connectivity index (χ2n) is 4.65. The summed E-state index contributed by atoms with van der Waals surface area (Å²) in [6.45, 7) is -0.252. The second-order valence-corrected chi connectivity index (χ2v) is 4.65. The topological polar surface area (TPSA) is 56.5 Å². The molecule has 0 N–H and O–H groups in total. The Labute approximate surface area is 124 Å². The molecule has 2 aromatic carbocycles. The molecule has 0 saturated heterocycles. The van der Waals surface area contributed by atoms with Gasteiger partial charge in [0, 0.05) is 10.9 Å². The summed E-state index contributed by atoms with van der Waals surface area (Å²) in [6, 6.07) is 14.2. The SMILES string of the molecule is O=C(OCc1ccccc1F)c1cc2ccccc2oc1=O. The highest BCUT2D eigenvalue weighted by Gasteiger charge is 2.15. The zero-order valence-corrected chi connectivity index (χ0v) is 11.4. The van der Waals surface area contributed by atoms with Crippen LogP contribution < -0.4 is 5.63 Å². The van der Waals surface area contributed by atoms with E-state index in [0.29, 0.717) is 11.0 Å². The second kappa shape index (κ2) is 5.81. The number of carbonyl (C=O) groups excluding carboxylic acids is 1. The number of carbonyl (C=O) groups is 1. The number of halogens is 1. The van der Waals surface area contributed by atoms with Gasteiger partial charge in [-0.2, -0.15) is 0 Å². The molecule has 4 nitrogen and oxygen atoms in total. The predicted octanol–water partition coefficient (Wildman–Crippen LogP) is 3.29. The fourth-order valence-corrected chi connectivity index (χ4v) is 2.04. The molecule has 1 aromatic heterocycles. The van der Waals surface area contributed by atoms with Crippen LogP contribution in [0.1, 0.15) is 15.9 Å². The number of rotatable bonds is 3. The van der Waals surface area contributed by atoms with E-state index in [1.54, 1.807) is 36.4 Å². The van der Waals surface area contributed by atoms with Crippen molar-refractivity contribution in [3.63, 3.8) is 0 Å². The van der Waals surface area contributed by atoms with Crippen molar-refractivity contribution in [2.24, 2.45) is 0 Å². The molecule has 0 aliphatic rings. The van der Waals surface area contributed by atoms with E-state index >= 15 is 0 Å². The number of hydrogen-bond donors (Lipinski definition) is 0. The Morgan fingerprint density at radius 3 is 2.64 bits per heavy atom. The highest BCUT2D eigenvalue weighted by atomic mass is 19.1. The van der Waals surface area contributed by atoms with Crippen molar-refractivity contribution < 1.29 is 18.3 Å². The molecule has 0 spiro atoms. The zero-order chi connectivity index (χ0) is 15.5.